The number of nitrogens with zero attached hydrogens (tertiary/aromatic N) is 1. The van der Waals surface area contributed by atoms with Crippen LogP contribution in [0.4, 0.5) is 5.69 Å². The Morgan fingerprint density at radius 2 is 2.33 bits per heavy atom. The van der Waals surface area contributed by atoms with Gasteiger partial charge in [0.15, 0.2) is 0 Å². The Labute approximate surface area is 89.9 Å². The van der Waals surface area contributed by atoms with Crippen LogP contribution in [0.3, 0.4) is 0 Å². The van der Waals surface area contributed by atoms with Crippen LogP contribution in [0.5, 0.6) is 0 Å². The Kier molecular flexibility index (Phi) is 4.09. The maximum absolute atomic E-state index is 11.6. The van der Waals surface area contributed by atoms with Gasteiger partial charge < -0.3 is 11.1 Å². The minimum atomic E-state index is -0.152. The molecule has 1 rings (SSSR count). The number of amides is 1. The highest BCUT2D eigenvalue weighted by atomic mass is 16.1. The molecule has 0 spiro atoms. The van der Waals surface area contributed by atoms with Crippen molar-refractivity contribution >= 4 is 11.6 Å². The number of carbonyl (C=O) groups excluding carboxylic acids is 1. The summed E-state index contributed by atoms with van der Waals surface area (Å²) < 4.78 is 0. The van der Waals surface area contributed by atoms with Crippen LogP contribution in [0.15, 0.2) is 18.5 Å². The zero-order valence-electron chi connectivity index (χ0n) is 9.16. The largest absolute Gasteiger partial charge is 0.398 e. The summed E-state index contributed by atoms with van der Waals surface area (Å²) >= 11 is 0. The van der Waals surface area contributed by atoms with Crippen molar-refractivity contribution in [2.75, 3.05) is 12.3 Å². The van der Waals surface area contributed by atoms with Gasteiger partial charge >= 0.3 is 0 Å². The molecule has 0 fully saturated rings. The molecule has 0 aliphatic rings. The number of hydrogen-bond acceptors (Lipinski definition) is 3. The molecule has 0 aromatic carbocycles. The van der Waals surface area contributed by atoms with Crippen molar-refractivity contribution in [1.29, 1.82) is 0 Å². The molecule has 3 N–H and O–H groups in total. The first kappa shape index (κ1) is 11.5. The zero-order valence-corrected chi connectivity index (χ0v) is 9.16. The molecule has 0 saturated carbocycles. The molecule has 0 radical (unpaired) electrons. The molecule has 0 atom stereocenters. The standard InChI is InChI=1S/C11H17N3O/c1-8(2)3-6-14-11(15)9-7-13-5-4-10(9)12/h4-5,7-8H,3,6H2,1-2H3,(H2,12,13)(H,14,15). The number of anilines is 1. The summed E-state index contributed by atoms with van der Waals surface area (Å²) in [5, 5.41) is 2.81. The van der Waals surface area contributed by atoms with E-state index in [4.69, 9.17) is 5.73 Å². The van der Waals surface area contributed by atoms with E-state index in [0.29, 0.717) is 23.7 Å². The summed E-state index contributed by atoms with van der Waals surface area (Å²) in [6.45, 7) is 4.90. The molecule has 15 heavy (non-hydrogen) atoms. The second kappa shape index (κ2) is 5.34. The van der Waals surface area contributed by atoms with Crippen LogP contribution in [-0.4, -0.2) is 17.4 Å². The van der Waals surface area contributed by atoms with Gasteiger partial charge in [-0.1, -0.05) is 13.8 Å². The molecular formula is C11H17N3O. The number of nitrogens with one attached hydrogen (secondary N) is 1. The van der Waals surface area contributed by atoms with E-state index in [1.165, 1.54) is 6.20 Å². The summed E-state index contributed by atoms with van der Waals surface area (Å²) in [5.41, 5.74) is 6.56. The van der Waals surface area contributed by atoms with Gasteiger partial charge in [-0.15, -0.1) is 0 Å². The maximum Gasteiger partial charge on any atom is 0.254 e. The van der Waals surface area contributed by atoms with Gasteiger partial charge in [-0.05, 0) is 18.4 Å². The lowest BCUT2D eigenvalue weighted by Gasteiger charge is -2.08. The molecule has 0 aliphatic heterocycles. The fourth-order valence-corrected chi connectivity index (χ4v) is 1.16. The number of pyridine rings is 1. The highest BCUT2D eigenvalue weighted by Crippen LogP contribution is 2.08. The smallest absolute Gasteiger partial charge is 0.254 e. The van der Waals surface area contributed by atoms with Gasteiger partial charge in [0.25, 0.3) is 5.91 Å². The van der Waals surface area contributed by atoms with Crippen LogP contribution in [0, 0.1) is 5.92 Å². The van der Waals surface area contributed by atoms with E-state index in [9.17, 15) is 4.79 Å². The molecule has 0 saturated heterocycles. The van der Waals surface area contributed by atoms with Gasteiger partial charge in [-0.3, -0.25) is 9.78 Å². The molecule has 4 heteroatoms. The monoisotopic (exact) mass is 207 g/mol. The van der Waals surface area contributed by atoms with Gasteiger partial charge in [0.2, 0.25) is 0 Å². The summed E-state index contributed by atoms with van der Waals surface area (Å²) in [7, 11) is 0. The number of nitrogen functional groups attached to an aromatic ring is 1. The second-order valence-corrected chi connectivity index (χ2v) is 3.90. The van der Waals surface area contributed by atoms with E-state index in [0.717, 1.165) is 6.42 Å². The first-order valence-corrected chi connectivity index (χ1v) is 5.09. The number of hydrogen-bond donors (Lipinski definition) is 2. The molecule has 82 valence electrons. The van der Waals surface area contributed by atoms with E-state index in [1.807, 2.05) is 0 Å². The first-order valence-electron chi connectivity index (χ1n) is 5.09. The quantitative estimate of drug-likeness (QED) is 0.785. The fourth-order valence-electron chi connectivity index (χ4n) is 1.16. The molecular weight excluding hydrogens is 190 g/mol. The van der Waals surface area contributed by atoms with Crippen LogP contribution >= 0.6 is 0 Å². The third-order valence-electron chi connectivity index (χ3n) is 2.11. The highest BCUT2D eigenvalue weighted by molar-refractivity contribution is 5.98. The lowest BCUT2D eigenvalue weighted by molar-refractivity contribution is 0.0952. The van der Waals surface area contributed by atoms with Crippen LogP contribution in [0.1, 0.15) is 30.6 Å². The first-order chi connectivity index (χ1) is 7.11. The van der Waals surface area contributed by atoms with Gasteiger partial charge in [0, 0.05) is 24.6 Å². The maximum atomic E-state index is 11.6. The summed E-state index contributed by atoms with van der Waals surface area (Å²) in [5.74, 6) is 0.429. The Morgan fingerprint density at radius 1 is 1.60 bits per heavy atom. The number of aromatic nitrogens is 1. The van der Waals surface area contributed by atoms with E-state index >= 15 is 0 Å². The third kappa shape index (κ3) is 3.58. The van der Waals surface area contributed by atoms with E-state index in [1.54, 1.807) is 12.3 Å². The molecule has 1 heterocycles. The van der Waals surface area contributed by atoms with Crippen molar-refractivity contribution in [2.45, 2.75) is 20.3 Å². The van der Waals surface area contributed by atoms with Crippen molar-refractivity contribution in [3.05, 3.63) is 24.0 Å². The number of carbonyl (C=O) groups is 1. The SMILES string of the molecule is CC(C)CCNC(=O)c1cnccc1N. The van der Waals surface area contributed by atoms with Crippen LogP contribution < -0.4 is 11.1 Å². The number of rotatable bonds is 4. The highest BCUT2D eigenvalue weighted by Gasteiger charge is 2.08. The summed E-state index contributed by atoms with van der Waals surface area (Å²) in [6.07, 6.45) is 4.02. The van der Waals surface area contributed by atoms with Gasteiger partial charge in [-0.2, -0.15) is 0 Å². The number of nitrogens with two attached hydrogens (primary N) is 1. The molecule has 1 aromatic heterocycles. The van der Waals surface area contributed by atoms with Gasteiger partial charge in [0.1, 0.15) is 0 Å². The third-order valence-corrected chi connectivity index (χ3v) is 2.11. The van der Waals surface area contributed by atoms with Crippen molar-refractivity contribution in [3.63, 3.8) is 0 Å². The second-order valence-electron chi connectivity index (χ2n) is 3.90. The summed E-state index contributed by atoms with van der Waals surface area (Å²) in [4.78, 5) is 15.5. The van der Waals surface area contributed by atoms with E-state index in [-0.39, 0.29) is 5.91 Å². The van der Waals surface area contributed by atoms with Crippen molar-refractivity contribution < 1.29 is 4.79 Å². The molecule has 4 nitrogen and oxygen atoms in total. The van der Waals surface area contributed by atoms with Crippen molar-refractivity contribution in [3.8, 4) is 0 Å². The van der Waals surface area contributed by atoms with Gasteiger partial charge in [-0.25, -0.2) is 0 Å². The van der Waals surface area contributed by atoms with E-state index in [2.05, 4.69) is 24.1 Å². The van der Waals surface area contributed by atoms with E-state index < -0.39 is 0 Å². The predicted octanol–water partition coefficient (Wildman–Crippen LogP) is 1.44. The van der Waals surface area contributed by atoms with Crippen LogP contribution in [-0.2, 0) is 0 Å². The Morgan fingerprint density at radius 3 is 2.93 bits per heavy atom. The predicted molar refractivity (Wildman–Crippen MR) is 60.4 cm³/mol. The normalized spacial score (nSPS) is 10.3. The zero-order chi connectivity index (χ0) is 11.3. The average molecular weight is 207 g/mol. The lowest BCUT2D eigenvalue weighted by Crippen LogP contribution is -2.26. The summed E-state index contributed by atoms with van der Waals surface area (Å²) in [6, 6.07) is 1.62. The minimum Gasteiger partial charge on any atom is -0.398 e. The Balaban J connectivity index is 2.51. The van der Waals surface area contributed by atoms with Gasteiger partial charge in [0.05, 0.1) is 5.56 Å². The average Bonchev–Trinajstić information content (AvgIpc) is 2.17. The van der Waals surface area contributed by atoms with Crippen LogP contribution in [0.25, 0.3) is 0 Å². The lowest BCUT2D eigenvalue weighted by atomic mass is 10.1. The molecule has 1 aromatic rings. The topological polar surface area (TPSA) is 68.0 Å². The fraction of sp³-hybridized carbons (Fsp3) is 0.455. The van der Waals surface area contributed by atoms with Crippen molar-refractivity contribution in [2.24, 2.45) is 5.92 Å². The van der Waals surface area contributed by atoms with Crippen molar-refractivity contribution in [1.82, 2.24) is 10.3 Å². The molecule has 0 bridgehead atoms. The minimum absolute atomic E-state index is 0.152. The van der Waals surface area contributed by atoms with Crippen LogP contribution in [0.2, 0.25) is 0 Å². The Bertz CT molecular complexity index is 336. The molecule has 0 aliphatic carbocycles. The molecule has 1 amide bonds. The molecule has 0 unspecified atom stereocenters. The Hall–Kier alpha value is -1.58.